The highest BCUT2D eigenvalue weighted by molar-refractivity contribution is 5.15. The second kappa shape index (κ2) is 6.25. The van der Waals surface area contributed by atoms with Crippen molar-refractivity contribution in [1.29, 1.82) is 0 Å². The van der Waals surface area contributed by atoms with Crippen LogP contribution in [0.3, 0.4) is 0 Å². The molecular formula is C17H27N3. The summed E-state index contributed by atoms with van der Waals surface area (Å²) in [5, 5.41) is 0. The van der Waals surface area contributed by atoms with Gasteiger partial charge in [0.05, 0.1) is 0 Å². The van der Waals surface area contributed by atoms with Gasteiger partial charge in [0.1, 0.15) is 0 Å². The van der Waals surface area contributed by atoms with E-state index < -0.39 is 0 Å². The van der Waals surface area contributed by atoms with Crippen molar-refractivity contribution in [2.75, 3.05) is 19.6 Å². The first kappa shape index (κ1) is 14.1. The molecule has 3 heteroatoms. The van der Waals surface area contributed by atoms with Crippen LogP contribution in [-0.4, -0.2) is 47.6 Å². The summed E-state index contributed by atoms with van der Waals surface area (Å²) >= 11 is 0. The molecule has 2 saturated heterocycles. The standard InChI is InChI=1S/C17H27N3/c1-14-11-17(19-9-7-16(18)8-10-19)13-20(14)12-15-5-3-2-4-6-15/h2-6,14,16-17H,7-13,18H2,1H3. The highest BCUT2D eigenvalue weighted by Gasteiger charge is 2.33. The van der Waals surface area contributed by atoms with Crippen LogP contribution in [0.25, 0.3) is 0 Å². The van der Waals surface area contributed by atoms with Crippen LogP contribution in [0.15, 0.2) is 30.3 Å². The molecule has 0 saturated carbocycles. The van der Waals surface area contributed by atoms with E-state index in [0.717, 1.165) is 12.6 Å². The monoisotopic (exact) mass is 273 g/mol. The first-order chi connectivity index (χ1) is 9.72. The molecule has 1 aromatic rings. The number of benzene rings is 1. The Hall–Kier alpha value is -0.900. The Labute approximate surface area is 122 Å². The smallest absolute Gasteiger partial charge is 0.0238 e. The Morgan fingerprint density at radius 3 is 2.55 bits per heavy atom. The van der Waals surface area contributed by atoms with E-state index in [1.54, 1.807) is 0 Å². The van der Waals surface area contributed by atoms with Gasteiger partial charge in [-0.25, -0.2) is 0 Å². The number of nitrogens with zero attached hydrogens (tertiary/aromatic N) is 2. The number of nitrogens with two attached hydrogens (primary N) is 1. The predicted molar refractivity (Wildman–Crippen MR) is 83.5 cm³/mol. The lowest BCUT2D eigenvalue weighted by atomic mass is 10.0. The van der Waals surface area contributed by atoms with Crippen LogP contribution in [0.5, 0.6) is 0 Å². The first-order valence-electron chi connectivity index (χ1n) is 8.00. The van der Waals surface area contributed by atoms with E-state index in [9.17, 15) is 0 Å². The quantitative estimate of drug-likeness (QED) is 0.915. The summed E-state index contributed by atoms with van der Waals surface area (Å²) in [4.78, 5) is 5.30. The normalized spacial score (nSPS) is 29.9. The molecule has 2 atom stereocenters. The zero-order chi connectivity index (χ0) is 13.9. The Balaban J connectivity index is 1.56. The van der Waals surface area contributed by atoms with Gasteiger partial charge < -0.3 is 5.73 Å². The van der Waals surface area contributed by atoms with Gasteiger partial charge in [0.15, 0.2) is 0 Å². The van der Waals surface area contributed by atoms with E-state index in [0.29, 0.717) is 12.1 Å². The summed E-state index contributed by atoms with van der Waals surface area (Å²) in [5.41, 5.74) is 7.45. The van der Waals surface area contributed by atoms with Crippen molar-refractivity contribution >= 4 is 0 Å². The zero-order valence-corrected chi connectivity index (χ0v) is 12.5. The van der Waals surface area contributed by atoms with Crippen molar-refractivity contribution in [2.24, 2.45) is 5.73 Å². The Morgan fingerprint density at radius 2 is 1.85 bits per heavy atom. The Morgan fingerprint density at radius 1 is 1.15 bits per heavy atom. The third-order valence-electron chi connectivity index (χ3n) is 5.00. The fourth-order valence-corrected chi connectivity index (χ4v) is 3.66. The second-order valence-corrected chi connectivity index (χ2v) is 6.53. The van der Waals surface area contributed by atoms with E-state index in [4.69, 9.17) is 5.73 Å². The maximum absolute atomic E-state index is 6.02. The molecule has 1 aromatic carbocycles. The minimum absolute atomic E-state index is 0.436. The third-order valence-corrected chi connectivity index (χ3v) is 5.00. The molecule has 110 valence electrons. The van der Waals surface area contributed by atoms with E-state index in [-0.39, 0.29) is 0 Å². The van der Waals surface area contributed by atoms with Crippen molar-refractivity contribution in [1.82, 2.24) is 9.80 Å². The molecule has 2 fully saturated rings. The fraction of sp³-hybridized carbons (Fsp3) is 0.647. The summed E-state index contributed by atoms with van der Waals surface area (Å²) in [6.45, 7) is 7.06. The molecule has 0 amide bonds. The van der Waals surface area contributed by atoms with Gasteiger partial charge in [0.25, 0.3) is 0 Å². The van der Waals surface area contributed by atoms with E-state index in [2.05, 4.69) is 47.1 Å². The molecule has 0 aromatic heterocycles. The lowest BCUT2D eigenvalue weighted by molar-refractivity contribution is 0.151. The largest absolute Gasteiger partial charge is 0.328 e. The summed E-state index contributed by atoms with van der Waals surface area (Å²) < 4.78 is 0. The average Bonchev–Trinajstić information content (AvgIpc) is 2.82. The molecule has 3 rings (SSSR count). The van der Waals surface area contributed by atoms with Crippen molar-refractivity contribution in [3.8, 4) is 0 Å². The van der Waals surface area contributed by atoms with Crippen molar-refractivity contribution in [3.05, 3.63) is 35.9 Å². The van der Waals surface area contributed by atoms with Gasteiger partial charge in [0, 0.05) is 31.2 Å². The van der Waals surface area contributed by atoms with Crippen LogP contribution < -0.4 is 5.73 Å². The SMILES string of the molecule is CC1CC(N2CCC(N)CC2)CN1Cc1ccccc1. The zero-order valence-electron chi connectivity index (χ0n) is 12.5. The van der Waals surface area contributed by atoms with Gasteiger partial charge in [-0.3, -0.25) is 9.80 Å². The minimum Gasteiger partial charge on any atom is -0.328 e. The van der Waals surface area contributed by atoms with Gasteiger partial charge in [-0.15, -0.1) is 0 Å². The first-order valence-corrected chi connectivity index (χ1v) is 8.00. The number of hydrogen-bond acceptors (Lipinski definition) is 3. The average molecular weight is 273 g/mol. The lowest BCUT2D eigenvalue weighted by Gasteiger charge is -2.34. The third kappa shape index (κ3) is 3.22. The van der Waals surface area contributed by atoms with Gasteiger partial charge in [0.2, 0.25) is 0 Å². The molecule has 2 aliphatic rings. The fourth-order valence-electron chi connectivity index (χ4n) is 3.66. The van der Waals surface area contributed by atoms with Crippen LogP contribution >= 0.6 is 0 Å². The molecule has 3 nitrogen and oxygen atoms in total. The molecule has 0 bridgehead atoms. The molecule has 2 unspecified atom stereocenters. The van der Waals surface area contributed by atoms with Crippen molar-refractivity contribution < 1.29 is 0 Å². The van der Waals surface area contributed by atoms with Crippen molar-refractivity contribution in [2.45, 2.75) is 50.9 Å². The molecule has 0 aliphatic carbocycles. The molecule has 20 heavy (non-hydrogen) atoms. The number of piperidine rings is 1. The Kier molecular flexibility index (Phi) is 4.39. The van der Waals surface area contributed by atoms with E-state index >= 15 is 0 Å². The highest BCUT2D eigenvalue weighted by Crippen LogP contribution is 2.25. The van der Waals surface area contributed by atoms with Crippen molar-refractivity contribution in [3.63, 3.8) is 0 Å². The summed E-state index contributed by atoms with van der Waals surface area (Å²) in [7, 11) is 0. The molecule has 2 heterocycles. The molecule has 2 N–H and O–H groups in total. The van der Waals surface area contributed by atoms with Crippen LogP contribution in [0, 0.1) is 0 Å². The van der Waals surface area contributed by atoms with Crippen LogP contribution in [0.1, 0.15) is 31.7 Å². The van der Waals surface area contributed by atoms with Crippen LogP contribution in [0.2, 0.25) is 0 Å². The molecule has 2 aliphatic heterocycles. The van der Waals surface area contributed by atoms with Gasteiger partial charge >= 0.3 is 0 Å². The molecule has 0 spiro atoms. The minimum atomic E-state index is 0.436. The number of likely N-dealkylation sites (tertiary alicyclic amines) is 2. The summed E-state index contributed by atoms with van der Waals surface area (Å²) in [6, 6.07) is 12.7. The highest BCUT2D eigenvalue weighted by atomic mass is 15.3. The summed E-state index contributed by atoms with van der Waals surface area (Å²) in [6.07, 6.45) is 3.65. The molecule has 0 radical (unpaired) electrons. The predicted octanol–water partition coefficient (Wildman–Crippen LogP) is 2.07. The van der Waals surface area contributed by atoms with Crippen LogP contribution in [0.4, 0.5) is 0 Å². The number of rotatable bonds is 3. The maximum atomic E-state index is 6.02. The van der Waals surface area contributed by atoms with E-state index in [1.165, 1.54) is 44.5 Å². The maximum Gasteiger partial charge on any atom is 0.0238 e. The van der Waals surface area contributed by atoms with Gasteiger partial charge in [-0.05, 0) is 44.8 Å². The lowest BCUT2D eigenvalue weighted by Crippen LogP contribution is -2.46. The number of hydrogen-bond donors (Lipinski definition) is 1. The summed E-state index contributed by atoms with van der Waals surface area (Å²) in [5.74, 6) is 0. The van der Waals surface area contributed by atoms with Crippen LogP contribution in [-0.2, 0) is 6.54 Å². The second-order valence-electron chi connectivity index (χ2n) is 6.53. The molecular weight excluding hydrogens is 246 g/mol. The van der Waals surface area contributed by atoms with Gasteiger partial charge in [-0.2, -0.15) is 0 Å². The topological polar surface area (TPSA) is 32.5 Å². The van der Waals surface area contributed by atoms with E-state index in [1.807, 2.05) is 0 Å². The van der Waals surface area contributed by atoms with Gasteiger partial charge in [-0.1, -0.05) is 30.3 Å². The Bertz CT molecular complexity index is 412.